The van der Waals surface area contributed by atoms with Crippen molar-refractivity contribution in [3.8, 4) is 6.07 Å². The average Bonchev–Trinajstić information content (AvgIpc) is 2.77. The van der Waals surface area contributed by atoms with Crippen LogP contribution in [0, 0.1) is 18.3 Å². The number of carbonyl (C=O) groups is 1. The minimum absolute atomic E-state index is 0.0410. The van der Waals surface area contributed by atoms with Crippen molar-refractivity contribution < 1.29 is 4.79 Å². The fourth-order valence-electron chi connectivity index (χ4n) is 2.88. The van der Waals surface area contributed by atoms with Gasteiger partial charge in [0.25, 0.3) is 5.91 Å². The van der Waals surface area contributed by atoms with Gasteiger partial charge in [-0.1, -0.05) is 66.4 Å². The molecule has 3 aromatic rings. The van der Waals surface area contributed by atoms with Gasteiger partial charge in [0.05, 0.1) is 5.69 Å². The van der Waals surface area contributed by atoms with Crippen molar-refractivity contribution in [3.05, 3.63) is 102 Å². The maximum absolute atomic E-state index is 12.6. The Labute approximate surface area is 181 Å². The van der Waals surface area contributed by atoms with E-state index < -0.39 is 5.91 Å². The lowest BCUT2D eigenvalue weighted by Gasteiger charge is -2.11. The second kappa shape index (κ2) is 10.9. The number of nitrogens with one attached hydrogen (secondary N) is 2. The Hall–Kier alpha value is -3.49. The van der Waals surface area contributed by atoms with Crippen LogP contribution in [0.4, 0.5) is 5.69 Å². The summed E-state index contributed by atoms with van der Waals surface area (Å²) in [6, 6.07) is 27.7. The van der Waals surface area contributed by atoms with Crippen LogP contribution in [0.25, 0.3) is 0 Å². The number of anilines is 1. The molecular weight excluding hydrogens is 390 g/mol. The van der Waals surface area contributed by atoms with Gasteiger partial charge in [-0.25, -0.2) is 0 Å². The summed E-state index contributed by atoms with van der Waals surface area (Å²) >= 11 is 1.56. The second-order valence-corrected chi connectivity index (χ2v) is 7.78. The van der Waals surface area contributed by atoms with Gasteiger partial charge in [-0.3, -0.25) is 4.79 Å². The van der Waals surface area contributed by atoms with Crippen LogP contribution in [0.1, 0.15) is 11.1 Å². The van der Waals surface area contributed by atoms with Crippen molar-refractivity contribution in [2.75, 3.05) is 11.9 Å². The van der Waals surface area contributed by atoms with Gasteiger partial charge in [0, 0.05) is 22.5 Å². The molecule has 0 fully saturated rings. The second-order valence-electron chi connectivity index (χ2n) is 6.67. The fourth-order valence-corrected chi connectivity index (χ4v) is 3.81. The minimum Gasteiger partial charge on any atom is -0.389 e. The van der Waals surface area contributed by atoms with Gasteiger partial charge < -0.3 is 10.6 Å². The highest BCUT2D eigenvalue weighted by atomic mass is 32.2. The molecule has 0 saturated heterocycles. The molecule has 150 valence electrons. The first kappa shape index (κ1) is 21.2. The number of hydrogen-bond acceptors (Lipinski definition) is 4. The summed E-state index contributed by atoms with van der Waals surface area (Å²) in [5.74, 6) is -0.429. The van der Waals surface area contributed by atoms with E-state index in [0.29, 0.717) is 12.2 Å². The molecule has 2 N–H and O–H groups in total. The summed E-state index contributed by atoms with van der Waals surface area (Å²) in [6.45, 7) is 2.72. The summed E-state index contributed by atoms with van der Waals surface area (Å²) in [4.78, 5) is 14.6. The standard InChI is InChI=1S/C25H23N3OS/c1-19-9-5-6-10-20(19)15-16-27-18-21(17-26)25(29)28-23-13-7-8-14-24(23)30-22-11-3-2-4-12-22/h2-14,18,27H,15-16H2,1H3,(H,28,29)/b21-18-. The van der Waals surface area contributed by atoms with E-state index in [0.717, 1.165) is 16.2 Å². The molecule has 0 radical (unpaired) electrons. The van der Waals surface area contributed by atoms with Gasteiger partial charge in [-0.05, 0) is 48.7 Å². The van der Waals surface area contributed by atoms with Gasteiger partial charge in [0.15, 0.2) is 0 Å². The monoisotopic (exact) mass is 413 g/mol. The maximum Gasteiger partial charge on any atom is 0.267 e. The highest BCUT2D eigenvalue weighted by Gasteiger charge is 2.12. The van der Waals surface area contributed by atoms with Gasteiger partial charge in [-0.2, -0.15) is 5.26 Å². The Morgan fingerprint density at radius 2 is 1.70 bits per heavy atom. The van der Waals surface area contributed by atoms with Crippen molar-refractivity contribution in [1.29, 1.82) is 5.26 Å². The molecule has 0 spiro atoms. The fraction of sp³-hybridized carbons (Fsp3) is 0.120. The van der Waals surface area contributed by atoms with Crippen LogP contribution >= 0.6 is 11.8 Å². The third kappa shape index (κ3) is 6.00. The Balaban J connectivity index is 1.62. The number of carbonyl (C=O) groups excluding carboxylic acids is 1. The summed E-state index contributed by atoms with van der Waals surface area (Å²) in [5.41, 5.74) is 3.19. The number of hydrogen-bond donors (Lipinski definition) is 2. The molecule has 0 heterocycles. The lowest BCUT2D eigenvalue weighted by molar-refractivity contribution is -0.112. The highest BCUT2D eigenvalue weighted by Crippen LogP contribution is 2.33. The Kier molecular flexibility index (Phi) is 7.71. The number of para-hydroxylation sites is 1. The van der Waals surface area contributed by atoms with Crippen LogP contribution in [0.15, 0.2) is 100 Å². The number of nitriles is 1. The van der Waals surface area contributed by atoms with Gasteiger partial charge in [-0.15, -0.1) is 0 Å². The summed E-state index contributed by atoms with van der Waals surface area (Å²) in [5, 5.41) is 15.4. The average molecular weight is 414 g/mol. The number of nitrogens with zero attached hydrogens (tertiary/aromatic N) is 1. The van der Waals surface area contributed by atoms with Crippen molar-refractivity contribution in [2.24, 2.45) is 0 Å². The topological polar surface area (TPSA) is 64.9 Å². The Morgan fingerprint density at radius 3 is 2.47 bits per heavy atom. The lowest BCUT2D eigenvalue weighted by Crippen LogP contribution is -2.18. The maximum atomic E-state index is 12.6. The van der Waals surface area contributed by atoms with Crippen LogP contribution in [-0.4, -0.2) is 12.5 Å². The van der Waals surface area contributed by atoms with Crippen LogP contribution < -0.4 is 10.6 Å². The Morgan fingerprint density at radius 1 is 1.00 bits per heavy atom. The van der Waals surface area contributed by atoms with E-state index in [1.165, 1.54) is 17.3 Å². The molecule has 0 saturated carbocycles. The van der Waals surface area contributed by atoms with Crippen LogP contribution in [0.5, 0.6) is 0 Å². The lowest BCUT2D eigenvalue weighted by atomic mass is 10.1. The zero-order valence-electron chi connectivity index (χ0n) is 16.8. The first-order valence-corrected chi connectivity index (χ1v) is 10.5. The number of rotatable bonds is 8. The van der Waals surface area contributed by atoms with E-state index in [9.17, 15) is 10.1 Å². The molecule has 0 atom stereocenters. The molecule has 0 bridgehead atoms. The predicted molar refractivity (Wildman–Crippen MR) is 122 cm³/mol. The largest absolute Gasteiger partial charge is 0.389 e. The molecule has 0 aromatic heterocycles. The van der Waals surface area contributed by atoms with Gasteiger partial charge in [0.2, 0.25) is 0 Å². The molecule has 4 nitrogen and oxygen atoms in total. The molecule has 0 aliphatic carbocycles. The molecule has 0 aliphatic rings. The number of amides is 1. The quantitative estimate of drug-likeness (QED) is 0.298. The van der Waals surface area contributed by atoms with Crippen molar-refractivity contribution >= 4 is 23.4 Å². The van der Waals surface area contributed by atoms with Crippen molar-refractivity contribution in [2.45, 2.75) is 23.1 Å². The Bertz CT molecular complexity index is 1070. The summed E-state index contributed by atoms with van der Waals surface area (Å²) in [7, 11) is 0. The first-order valence-electron chi connectivity index (χ1n) is 9.69. The molecule has 3 rings (SSSR count). The molecule has 0 aliphatic heterocycles. The number of aryl methyl sites for hydroxylation is 1. The van der Waals surface area contributed by atoms with E-state index in [2.05, 4.69) is 29.7 Å². The van der Waals surface area contributed by atoms with Gasteiger partial charge >= 0.3 is 0 Å². The van der Waals surface area contributed by atoms with E-state index in [1.807, 2.05) is 72.8 Å². The third-order valence-electron chi connectivity index (χ3n) is 4.52. The number of benzene rings is 3. The zero-order chi connectivity index (χ0) is 21.2. The smallest absolute Gasteiger partial charge is 0.267 e. The molecule has 5 heteroatoms. The summed E-state index contributed by atoms with van der Waals surface area (Å²) < 4.78 is 0. The van der Waals surface area contributed by atoms with E-state index in [4.69, 9.17) is 0 Å². The molecule has 30 heavy (non-hydrogen) atoms. The first-order chi connectivity index (χ1) is 14.7. The molecule has 3 aromatic carbocycles. The minimum atomic E-state index is -0.429. The van der Waals surface area contributed by atoms with Crippen molar-refractivity contribution in [1.82, 2.24) is 5.32 Å². The third-order valence-corrected chi connectivity index (χ3v) is 5.60. The van der Waals surface area contributed by atoms with E-state index >= 15 is 0 Å². The van der Waals surface area contributed by atoms with Crippen LogP contribution in [0.2, 0.25) is 0 Å². The summed E-state index contributed by atoms with van der Waals surface area (Å²) in [6.07, 6.45) is 2.31. The molecule has 1 amide bonds. The predicted octanol–water partition coefficient (Wildman–Crippen LogP) is 5.32. The van der Waals surface area contributed by atoms with Crippen LogP contribution in [0.3, 0.4) is 0 Å². The van der Waals surface area contributed by atoms with E-state index in [-0.39, 0.29) is 5.57 Å². The SMILES string of the molecule is Cc1ccccc1CCN/C=C(/C#N)C(=O)Nc1ccccc1Sc1ccccc1. The normalized spacial score (nSPS) is 10.9. The molecular formula is C25H23N3OS. The van der Waals surface area contributed by atoms with Crippen LogP contribution in [-0.2, 0) is 11.2 Å². The van der Waals surface area contributed by atoms with E-state index in [1.54, 1.807) is 11.8 Å². The zero-order valence-corrected chi connectivity index (χ0v) is 17.6. The van der Waals surface area contributed by atoms with Gasteiger partial charge in [0.1, 0.15) is 11.6 Å². The highest BCUT2D eigenvalue weighted by molar-refractivity contribution is 7.99. The molecule has 0 unspecified atom stereocenters. The van der Waals surface area contributed by atoms with Crippen molar-refractivity contribution in [3.63, 3.8) is 0 Å².